The molecule has 9 nitrogen and oxygen atoms in total. The fourth-order valence-electron chi connectivity index (χ4n) is 3.61. The third kappa shape index (κ3) is 5.52. The highest BCUT2D eigenvalue weighted by Gasteiger charge is 2.21. The van der Waals surface area contributed by atoms with Gasteiger partial charge in [0.2, 0.25) is 0 Å². The number of aromatic hydroxyl groups is 1. The number of nitrogens with zero attached hydrogens (tertiary/aromatic N) is 2. The number of carbonyl (C=O) groups excluding carboxylic acids is 1. The molecule has 190 valence electrons. The molecule has 4 aromatic carbocycles. The van der Waals surface area contributed by atoms with Crippen LogP contribution in [0.1, 0.15) is 15.9 Å². The van der Waals surface area contributed by atoms with Crippen LogP contribution in [0, 0.1) is 6.92 Å². The van der Waals surface area contributed by atoms with E-state index in [1.54, 1.807) is 43.3 Å². The van der Waals surface area contributed by atoms with Gasteiger partial charge >= 0.3 is 0 Å². The molecular formula is C25H19Cl2N3O6S. The average molecular weight is 560 g/mol. The number of carbonyl (C=O) groups is 1. The highest BCUT2D eigenvalue weighted by Crippen LogP contribution is 2.41. The number of hydrogen-bond acceptors (Lipinski definition) is 7. The van der Waals surface area contributed by atoms with Gasteiger partial charge in [-0.25, -0.2) is 0 Å². The zero-order valence-electron chi connectivity index (χ0n) is 19.4. The zero-order valence-corrected chi connectivity index (χ0v) is 21.7. The number of phenols is 1. The number of phenolic OH excluding ortho intramolecular Hbond substituents is 1. The van der Waals surface area contributed by atoms with E-state index in [-0.39, 0.29) is 22.0 Å². The summed E-state index contributed by atoms with van der Waals surface area (Å²) in [6, 6.07) is 15.6. The Kier molecular flexibility index (Phi) is 7.37. The number of anilines is 1. The number of methoxy groups -OCH3 is 1. The van der Waals surface area contributed by atoms with Crippen LogP contribution in [0.5, 0.6) is 11.5 Å². The van der Waals surface area contributed by atoms with Gasteiger partial charge in [-0.05, 0) is 42.1 Å². The number of hydrogen-bond donors (Lipinski definition) is 3. The van der Waals surface area contributed by atoms with E-state index in [2.05, 4.69) is 15.5 Å². The molecule has 0 bridgehead atoms. The van der Waals surface area contributed by atoms with Crippen LogP contribution >= 0.6 is 23.2 Å². The summed E-state index contributed by atoms with van der Waals surface area (Å²) < 4.78 is 37.9. The van der Waals surface area contributed by atoms with Gasteiger partial charge in [0.1, 0.15) is 22.0 Å². The molecule has 0 aliphatic carbocycles. The summed E-state index contributed by atoms with van der Waals surface area (Å²) in [6.07, 6.45) is 0. The standard InChI is InChI=1S/C25H19Cl2N3O6S/c1-13-7-8-20(37(33,34)35)21(27)22(13)29-30-23-18-6-4-3-5-14(18)9-19(24(23)31)25(32)28-16-10-15(26)11-17(12-16)36-2/h3-12,31H,1-2H3,(H,28,32)(H,33,34,35). The monoisotopic (exact) mass is 559 g/mol. The summed E-state index contributed by atoms with van der Waals surface area (Å²) in [4.78, 5) is 12.6. The number of rotatable bonds is 6. The van der Waals surface area contributed by atoms with Gasteiger partial charge in [-0.15, -0.1) is 10.2 Å². The molecule has 4 rings (SSSR count). The van der Waals surface area contributed by atoms with Crippen LogP contribution in [0.3, 0.4) is 0 Å². The maximum Gasteiger partial charge on any atom is 0.296 e. The first-order valence-corrected chi connectivity index (χ1v) is 12.8. The van der Waals surface area contributed by atoms with Crippen molar-refractivity contribution in [3.8, 4) is 11.5 Å². The Morgan fingerprint density at radius 1 is 1.00 bits per heavy atom. The van der Waals surface area contributed by atoms with Crippen LogP contribution in [0.25, 0.3) is 10.8 Å². The molecule has 37 heavy (non-hydrogen) atoms. The summed E-state index contributed by atoms with van der Waals surface area (Å²) in [5.74, 6) is -0.681. The second-order valence-corrected chi connectivity index (χ2v) is 10.1. The van der Waals surface area contributed by atoms with E-state index in [0.29, 0.717) is 32.8 Å². The van der Waals surface area contributed by atoms with Crippen LogP contribution in [0.4, 0.5) is 17.1 Å². The number of fused-ring (bicyclic) bond motifs is 1. The van der Waals surface area contributed by atoms with Crippen molar-refractivity contribution in [3.63, 3.8) is 0 Å². The molecule has 0 spiro atoms. The lowest BCUT2D eigenvalue weighted by molar-refractivity contribution is 0.102. The van der Waals surface area contributed by atoms with Gasteiger partial charge in [-0.2, -0.15) is 8.42 Å². The first-order chi connectivity index (χ1) is 17.5. The van der Waals surface area contributed by atoms with Gasteiger partial charge in [-0.1, -0.05) is 53.5 Å². The van der Waals surface area contributed by atoms with E-state index in [4.69, 9.17) is 27.9 Å². The zero-order chi connectivity index (χ0) is 26.9. The molecule has 0 saturated heterocycles. The average Bonchev–Trinajstić information content (AvgIpc) is 2.83. The van der Waals surface area contributed by atoms with Crippen molar-refractivity contribution >= 4 is 67.1 Å². The van der Waals surface area contributed by atoms with Gasteiger partial charge in [0.25, 0.3) is 16.0 Å². The summed E-state index contributed by atoms with van der Waals surface area (Å²) in [5, 5.41) is 23.0. The minimum Gasteiger partial charge on any atom is -0.505 e. The summed E-state index contributed by atoms with van der Waals surface area (Å²) in [7, 11) is -3.15. The number of nitrogens with one attached hydrogen (secondary N) is 1. The molecule has 1 amide bonds. The molecule has 4 aromatic rings. The molecule has 0 fully saturated rings. The van der Waals surface area contributed by atoms with Crippen LogP contribution in [0.15, 0.2) is 75.8 Å². The predicted octanol–water partition coefficient (Wildman–Crippen LogP) is 7.08. The normalized spacial score (nSPS) is 11.7. The van der Waals surface area contributed by atoms with Crippen LogP contribution in [0.2, 0.25) is 10.0 Å². The molecular weight excluding hydrogens is 541 g/mol. The van der Waals surface area contributed by atoms with Gasteiger partial charge < -0.3 is 15.2 Å². The molecule has 0 radical (unpaired) electrons. The van der Waals surface area contributed by atoms with Crippen molar-refractivity contribution in [1.29, 1.82) is 0 Å². The quantitative estimate of drug-likeness (QED) is 0.170. The molecule has 0 heterocycles. The van der Waals surface area contributed by atoms with Crippen molar-refractivity contribution in [2.24, 2.45) is 10.2 Å². The Morgan fingerprint density at radius 3 is 2.41 bits per heavy atom. The second-order valence-electron chi connectivity index (χ2n) is 7.89. The van der Waals surface area contributed by atoms with Gasteiger partial charge in [-0.3, -0.25) is 9.35 Å². The van der Waals surface area contributed by atoms with Crippen molar-refractivity contribution in [3.05, 3.63) is 81.8 Å². The van der Waals surface area contributed by atoms with Crippen LogP contribution in [-0.2, 0) is 10.1 Å². The summed E-state index contributed by atoms with van der Waals surface area (Å²) >= 11 is 12.3. The first-order valence-electron chi connectivity index (χ1n) is 10.6. The van der Waals surface area contributed by atoms with Crippen molar-refractivity contribution in [2.45, 2.75) is 11.8 Å². The maximum atomic E-state index is 13.1. The number of benzene rings is 4. The van der Waals surface area contributed by atoms with Crippen LogP contribution in [-0.4, -0.2) is 31.1 Å². The topological polar surface area (TPSA) is 138 Å². The molecule has 12 heteroatoms. The van der Waals surface area contributed by atoms with E-state index < -0.39 is 26.7 Å². The Bertz CT molecular complexity index is 1690. The summed E-state index contributed by atoms with van der Waals surface area (Å²) in [6.45, 7) is 1.62. The summed E-state index contributed by atoms with van der Waals surface area (Å²) in [5.41, 5.74) is 0.644. The number of halogens is 2. The van der Waals surface area contributed by atoms with E-state index in [1.807, 2.05) is 0 Å². The van der Waals surface area contributed by atoms with E-state index in [0.717, 1.165) is 6.07 Å². The number of amides is 1. The van der Waals surface area contributed by atoms with Gasteiger partial charge in [0.15, 0.2) is 5.75 Å². The fourth-order valence-corrected chi connectivity index (χ4v) is 4.94. The van der Waals surface area contributed by atoms with Gasteiger partial charge in [0.05, 0.1) is 17.7 Å². The van der Waals surface area contributed by atoms with E-state index >= 15 is 0 Å². The lowest BCUT2D eigenvalue weighted by atomic mass is 10.0. The highest BCUT2D eigenvalue weighted by molar-refractivity contribution is 7.86. The molecule has 0 atom stereocenters. The first kappa shape index (κ1) is 26.4. The lowest BCUT2D eigenvalue weighted by Gasteiger charge is -2.12. The largest absolute Gasteiger partial charge is 0.505 e. The van der Waals surface area contributed by atoms with Crippen molar-refractivity contribution in [1.82, 2.24) is 0 Å². The molecule has 0 saturated carbocycles. The third-order valence-corrected chi connectivity index (χ3v) is 7.02. The third-order valence-electron chi connectivity index (χ3n) is 5.42. The van der Waals surface area contributed by atoms with Crippen molar-refractivity contribution < 1.29 is 27.6 Å². The van der Waals surface area contributed by atoms with E-state index in [1.165, 1.54) is 25.3 Å². The Morgan fingerprint density at radius 2 is 1.70 bits per heavy atom. The maximum absolute atomic E-state index is 13.1. The van der Waals surface area contributed by atoms with Gasteiger partial charge in [0, 0.05) is 22.2 Å². The minimum atomic E-state index is -4.61. The number of aryl methyl sites for hydroxylation is 1. The Hall–Kier alpha value is -3.70. The number of ether oxygens (including phenoxy) is 1. The Balaban J connectivity index is 1.82. The predicted molar refractivity (Wildman–Crippen MR) is 142 cm³/mol. The lowest BCUT2D eigenvalue weighted by Crippen LogP contribution is -2.12. The molecule has 0 aromatic heterocycles. The fraction of sp³-hybridized carbons (Fsp3) is 0.0800. The molecule has 0 unspecified atom stereocenters. The molecule has 3 N–H and O–H groups in total. The van der Waals surface area contributed by atoms with E-state index in [9.17, 15) is 22.9 Å². The molecule has 0 aliphatic rings. The second kappa shape index (κ2) is 10.3. The highest BCUT2D eigenvalue weighted by atomic mass is 35.5. The molecule has 0 aliphatic heterocycles. The SMILES string of the molecule is COc1cc(Cl)cc(NC(=O)c2cc3ccccc3c(N=Nc3c(C)ccc(S(=O)(=O)O)c3Cl)c2O)c1. The number of azo groups is 1. The Labute approximate surface area is 222 Å². The minimum absolute atomic E-state index is 0.0267. The van der Waals surface area contributed by atoms with Crippen molar-refractivity contribution in [2.75, 3.05) is 12.4 Å². The smallest absolute Gasteiger partial charge is 0.296 e. The van der Waals surface area contributed by atoms with Crippen LogP contribution < -0.4 is 10.1 Å².